The molecule has 0 bridgehead atoms. The van der Waals surface area contributed by atoms with Gasteiger partial charge in [0.1, 0.15) is 0 Å². The second-order valence-corrected chi connectivity index (χ2v) is 6.07. The predicted octanol–water partition coefficient (Wildman–Crippen LogP) is 2.53. The van der Waals surface area contributed by atoms with E-state index in [1.807, 2.05) is 0 Å². The monoisotopic (exact) mass is 323 g/mol. The van der Waals surface area contributed by atoms with Gasteiger partial charge in [0.25, 0.3) is 0 Å². The highest BCUT2D eigenvalue weighted by Crippen LogP contribution is 2.36. The summed E-state index contributed by atoms with van der Waals surface area (Å²) < 4.78 is 18.4. The second kappa shape index (κ2) is 7.44. The van der Waals surface area contributed by atoms with Crippen LogP contribution in [0, 0.1) is 11.2 Å². The molecule has 1 aliphatic carbocycles. The summed E-state index contributed by atoms with van der Waals surface area (Å²) in [7, 11) is 1.38. The summed E-state index contributed by atoms with van der Waals surface area (Å²) in [5.41, 5.74) is -0.340. The number of methoxy groups -OCH3 is 1. The molecule has 0 radical (unpaired) electrons. The number of amides is 1. The number of carboxylic acids is 1. The van der Waals surface area contributed by atoms with E-state index >= 15 is 0 Å². The largest absolute Gasteiger partial charge is 0.494 e. The molecule has 1 aromatic carbocycles. The topological polar surface area (TPSA) is 75.6 Å². The molecule has 0 saturated heterocycles. The Bertz CT molecular complexity index is 582. The number of ether oxygens (including phenoxy) is 1. The van der Waals surface area contributed by atoms with Gasteiger partial charge in [0.05, 0.1) is 18.9 Å². The Labute approximate surface area is 134 Å². The van der Waals surface area contributed by atoms with Crippen LogP contribution in [0.3, 0.4) is 0 Å². The molecule has 126 valence electrons. The van der Waals surface area contributed by atoms with Gasteiger partial charge in [-0.2, -0.15) is 0 Å². The molecular formula is C17H22FNO4. The zero-order valence-corrected chi connectivity index (χ0v) is 13.2. The van der Waals surface area contributed by atoms with Crippen LogP contribution in [0.5, 0.6) is 5.75 Å². The number of benzene rings is 1. The van der Waals surface area contributed by atoms with Gasteiger partial charge in [-0.1, -0.05) is 25.3 Å². The minimum atomic E-state index is -0.862. The molecule has 1 aromatic rings. The molecule has 23 heavy (non-hydrogen) atoms. The van der Waals surface area contributed by atoms with Crippen LogP contribution in [0.1, 0.15) is 37.7 Å². The van der Waals surface area contributed by atoms with Crippen molar-refractivity contribution in [3.8, 4) is 5.75 Å². The van der Waals surface area contributed by atoms with E-state index in [1.165, 1.54) is 19.2 Å². The van der Waals surface area contributed by atoms with E-state index in [0.29, 0.717) is 18.4 Å². The Morgan fingerprint density at radius 3 is 2.57 bits per heavy atom. The molecule has 1 amide bonds. The van der Waals surface area contributed by atoms with Gasteiger partial charge in [-0.15, -0.1) is 0 Å². The number of nitrogens with one attached hydrogen (secondary N) is 1. The third-order valence-corrected chi connectivity index (χ3v) is 4.47. The number of carbonyl (C=O) groups excluding carboxylic acids is 1. The molecular weight excluding hydrogens is 301 g/mol. The quantitative estimate of drug-likeness (QED) is 0.843. The molecule has 2 rings (SSSR count). The fourth-order valence-corrected chi connectivity index (χ4v) is 3.03. The van der Waals surface area contributed by atoms with Crippen molar-refractivity contribution in [2.24, 2.45) is 5.41 Å². The van der Waals surface area contributed by atoms with Crippen molar-refractivity contribution in [2.45, 2.75) is 38.5 Å². The first-order valence-electron chi connectivity index (χ1n) is 7.79. The van der Waals surface area contributed by atoms with E-state index in [4.69, 9.17) is 4.74 Å². The lowest BCUT2D eigenvalue weighted by molar-refractivity contribution is -0.151. The predicted molar refractivity (Wildman–Crippen MR) is 82.8 cm³/mol. The van der Waals surface area contributed by atoms with Gasteiger partial charge in [-0.25, -0.2) is 4.39 Å². The number of aliphatic carboxylic acids is 1. The SMILES string of the molecule is COc1ccc(CC(=O)NCC2(C(=O)O)CCCCC2)cc1F. The van der Waals surface area contributed by atoms with Crippen LogP contribution in [0.25, 0.3) is 0 Å². The molecule has 0 spiro atoms. The fraction of sp³-hybridized carbons (Fsp3) is 0.529. The number of hydrogen-bond acceptors (Lipinski definition) is 3. The molecule has 5 nitrogen and oxygen atoms in total. The van der Waals surface area contributed by atoms with E-state index < -0.39 is 17.2 Å². The van der Waals surface area contributed by atoms with Crippen molar-refractivity contribution in [3.63, 3.8) is 0 Å². The summed E-state index contributed by atoms with van der Waals surface area (Å²) in [6.45, 7) is 0.125. The van der Waals surface area contributed by atoms with Crippen molar-refractivity contribution in [3.05, 3.63) is 29.6 Å². The van der Waals surface area contributed by atoms with Crippen LogP contribution < -0.4 is 10.1 Å². The van der Waals surface area contributed by atoms with E-state index in [1.54, 1.807) is 6.07 Å². The summed E-state index contributed by atoms with van der Waals surface area (Å²) in [4.78, 5) is 23.6. The maximum Gasteiger partial charge on any atom is 0.311 e. The van der Waals surface area contributed by atoms with Gasteiger partial charge in [0, 0.05) is 6.54 Å². The molecule has 1 fully saturated rings. The van der Waals surface area contributed by atoms with Gasteiger partial charge in [-0.05, 0) is 30.5 Å². The van der Waals surface area contributed by atoms with Crippen molar-refractivity contribution in [2.75, 3.05) is 13.7 Å². The number of hydrogen-bond donors (Lipinski definition) is 2. The average Bonchev–Trinajstić information content (AvgIpc) is 2.54. The molecule has 2 N–H and O–H groups in total. The molecule has 0 heterocycles. The fourth-order valence-electron chi connectivity index (χ4n) is 3.03. The lowest BCUT2D eigenvalue weighted by atomic mass is 9.74. The van der Waals surface area contributed by atoms with Crippen molar-refractivity contribution >= 4 is 11.9 Å². The summed E-state index contributed by atoms with van der Waals surface area (Å²) in [6, 6.07) is 4.35. The van der Waals surface area contributed by atoms with Gasteiger partial charge < -0.3 is 15.2 Å². The van der Waals surface area contributed by atoms with Gasteiger partial charge in [-0.3, -0.25) is 9.59 Å². The van der Waals surface area contributed by atoms with Crippen molar-refractivity contribution < 1.29 is 23.8 Å². The van der Waals surface area contributed by atoms with Crippen LogP contribution >= 0.6 is 0 Å². The van der Waals surface area contributed by atoms with Crippen LogP contribution in [0.15, 0.2) is 18.2 Å². The Morgan fingerprint density at radius 2 is 2.00 bits per heavy atom. The number of carbonyl (C=O) groups is 2. The molecule has 6 heteroatoms. The van der Waals surface area contributed by atoms with E-state index in [9.17, 15) is 19.1 Å². The maximum absolute atomic E-state index is 13.6. The first kappa shape index (κ1) is 17.2. The normalized spacial score (nSPS) is 16.6. The molecule has 0 aliphatic heterocycles. The molecule has 0 atom stereocenters. The Kier molecular flexibility index (Phi) is 5.58. The maximum atomic E-state index is 13.6. The summed E-state index contributed by atoms with van der Waals surface area (Å²) >= 11 is 0. The van der Waals surface area contributed by atoms with Gasteiger partial charge in [0.2, 0.25) is 5.91 Å². The first-order chi connectivity index (χ1) is 11.0. The summed E-state index contributed by atoms with van der Waals surface area (Å²) in [6.07, 6.45) is 3.95. The van der Waals surface area contributed by atoms with Crippen LogP contribution in [0.2, 0.25) is 0 Å². The third kappa shape index (κ3) is 4.21. The third-order valence-electron chi connectivity index (χ3n) is 4.47. The number of halogens is 1. The van der Waals surface area contributed by atoms with Crippen LogP contribution in [-0.2, 0) is 16.0 Å². The minimum Gasteiger partial charge on any atom is -0.494 e. The lowest BCUT2D eigenvalue weighted by Gasteiger charge is -2.33. The Balaban J connectivity index is 1.94. The second-order valence-electron chi connectivity index (χ2n) is 6.07. The van der Waals surface area contributed by atoms with E-state index in [2.05, 4.69) is 5.32 Å². The standard InChI is InChI=1S/C17H22FNO4/c1-23-14-6-5-12(9-13(14)18)10-15(20)19-11-17(16(21)22)7-3-2-4-8-17/h5-6,9H,2-4,7-8,10-11H2,1H3,(H,19,20)(H,21,22). The first-order valence-corrected chi connectivity index (χ1v) is 7.79. The van der Waals surface area contributed by atoms with Crippen LogP contribution in [0.4, 0.5) is 4.39 Å². The average molecular weight is 323 g/mol. The molecule has 1 aliphatic rings. The number of rotatable bonds is 6. The Hall–Kier alpha value is -2.11. The lowest BCUT2D eigenvalue weighted by Crippen LogP contribution is -2.44. The van der Waals surface area contributed by atoms with Gasteiger partial charge >= 0.3 is 5.97 Å². The van der Waals surface area contributed by atoms with Crippen LogP contribution in [-0.4, -0.2) is 30.6 Å². The highest BCUT2D eigenvalue weighted by Gasteiger charge is 2.39. The smallest absolute Gasteiger partial charge is 0.311 e. The van der Waals surface area contributed by atoms with Crippen molar-refractivity contribution in [1.82, 2.24) is 5.32 Å². The van der Waals surface area contributed by atoms with Crippen molar-refractivity contribution in [1.29, 1.82) is 0 Å². The zero-order valence-electron chi connectivity index (χ0n) is 13.2. The Morgan fingerprint density at radius 1 is 1.30 bits per heavy atom. The minimum absolute atomic E-state index is 0.0105. The molecule has 0 unspecified atom stereocenters. The zero-order chi connectivity index (χ0) is 16.9. The molecule has 0 aromatic heterocycles. The summed E-state index contributed by atoms with van der Waals surface area (Å²) in [5, 5.41) is 12.2. The molecule has 1 saturated carbocycles. The summed E-state index contributed by atoms with van der Waals surface area (Å²) in [5.74, 6) is -1.55. The van der Waals surface area contributed by atoms with E-state index in [-0.39, 0.29) is 24.6 Å². The van der Waals surface area contributed by atoms with Gasteiger partial charge in [0.15, 0.2) is 11.6 Å². The highest BCUT2D eigenvalue weighted by molar-refractivity contribution is 5.80. The number of carboxylic acid groups (broad SMARTS) is 1. The van der Waals surface area contributed by atoms with E-state index in [0.717, 1.165) is 19.3 Å². The highest BCUT2D eigenvalue weighted by atomic mass is 19.1.